The Morgan fingerprint density at radius 2 is 1.80 bits per heavy atom. The highest BCUT2D eigenvalue weighted by atomic mass is 16.5. The molecule has 1 amide bonds. The molecule has 3 aromatic carbocycles. The van der Waals surface area contributed by atoms with Gasteiger partial charge in [0.25, 0.3) is 0 Å². The van der Waals surface area contributed by atoms with Gasteiger partial charge in [-0.05, 0) is 49.5 Å². The van der Waals surface area contributed by atoms with Crippen LogP contribution in [0.1, 0.15) is 27.4 Å². The molecule has 0 aliphatic carbocycles. The highest BCUT2D eigenvalue weighted by Gasteiger charge is 2.64. The van der Waals surface area contributed by atoms with E-state index < -0.39 is 23.1 Å². The number of likely N-dealkylation sites (N-methyl/N-ethyl adjacent to an activating group) is 1. The fraction of sp³-hybridized carbons (Fsp3) is 0.259. The van der Waals surface area contributed by atoms with Crippen molar-refractivity contribution in [3.8, 4) is 23.0 Å². The zero-order valence-electron chi connectivity index (χ0n) is 19.6. The molecule has 2 aliphatic rings. The number of para-hydroxylation sites is 1. The standard InChI is InChI=1S/C27H26N2O6/c1-29-14-18(17-13-16(34-2)9-11-23(17)35-3)24(25(32)15-8-10-21(30)22(31)12-15)27(29)19-6-4-5-7-20(19)28-26(27)33/h4-13,18,24,30-31H,14H2,1-3H3,(H,28,33)/t18-,24-,27?/m1/s1. The Balaban J connectivity index is 1.76. The molecule has 8 heteroatoms. The lowest BCUT2D eigenvalue weighted by Gasteiger charge is -2.35. The van der Waals surface area contributed by atoms with Crippen LogP contribution in [-0.2, 0) is 10.3 Å². The average Bonchev–Trinajstić information content (AvgIpc) is 3.34. The Morgan fingerprint density at radius 3 is 2.51 bits per heavy atom. The second kappa shape index (κ2) is 8.32. The van der Waals surface area contributed by atoms with Crippen LogP contribution in [0.25, 0.3) is 0 Å². The third kappa shape index (κ3) is 3.24. The van der Waals surface area contributed by atoms with E-state index in [-0.39, 0.29) is 23.0 Å². The Labute approximate surface area is 202 Å². The van der Waals surface area contributed by atoms with Gasteiger partial charge in [-0.1, -0.05) is 18.2 Å². The van der Waals surface area contributed by atoms with Crippen molar-refractivity contribution in [3.63, 3.8) is 0 Å². The summed E-state index contributed by atoms with van der Waals surface area (Å²) in [5, 5.41) is 22.9. The first kappa shape index (κ1) is 22.7. The lowest BCUT2D eigenvalue weighted by atomic mass is 9.70. The maximum absolute atomic E-state index is 14.2. The van der Waals surface area contributed by atoms with Gasteiger partial charge >= 0.3 is 0 Å². The van der Waals surface area contributed by atoms with Crippen molar-refractivity contribution < 1.29 is 29.3 Å². The summed E-state index contributed by atoms with van der Waals surface area (Å²) in [6.07, 6.45) is 0. The number of benzene rings is 3. The molecule has 180 valence electrons. The van der Waals surface area contributed by atoms with Crippen molar-refractivity contribution in [2.75, 3.05) is 33.1 Å². The number of aromatic hydroxyl groups is 2. The molecular weight excluding hydrogens is 448 g/mol. The molecule has 3 atom stereocenters. The number of methoxy groups -OCH3 is 2. The summed E-state index contributed by atoms with van der Waals surface area (Å²) in [6, 6.07) is 16.8. The Hall–Kier alpha value is -4.04. The quantitative estimate of drug-likeness (QED) is 0.384. The van der Waals surface area contributed by atoms with E-state index in [1.165, 1.54) is 18.2 Å². The third-order valence-corrected chi connectivity index (χ3v) is 7.24. The molecule has 0 saturated carbocycles. The SMILES string of the molecule is COc1ccc(OC)c([C@H]2CN(C)C3(C(=O)Nc4ccccc43)[C@H]2C(=O)c2ccc(O)c(O)c2)c1. The third-order valence-electron chi connectivity index (χ3n) is 7.24. The van der Waals surface area contributed by atoms with Crippen LogP contribution in [0.5, 0.6) is 23.0 Å². The number of nitrogens with one attached hydrogen (secondary N) is 1. The van der Waals surface area contributed by atoms with Gasteiger partial charge in [-0.15, -0.1) is 0 Å². The zero-order valence-corrected chi connectivity index (χ0v) is 19.6. The van der Waals surface area contributed by atoms with Gasteiger partial charge in [-0.3, -0.25) is 14.5 Å². The number of hydrogen-bond donors (Lipinski definition) is 3. The van der Waals surface area contributed by atoms with E-state index in [0.717, 1.165) is 11.1 Å². The first-order chi connectivity index (χ1) is 16.8. The molecule has 8 nitrogen and oxygen atoms in total. The Morgan fingerprint density at radius 1 is 1.03 bits per heavy atom. The maximum atomic E-state index is 14.2. The molecule has 2 aliphatic heterocycles. The summed E-state index contributed by atoms with van der Waals surface area (Å²) in [6.45, 7) is 0.395. The molecule has 1 spiro atoms. The summed E-state index contributed by atoms with van der Waals surface area (Å²) >= 11 is 0. The lowest BCUT2D eigenvalue weighted by molar-refractivity contribution is -0.126. The Kier molecular flexibility index (Phi) is 5.40. The zero-order chi connectivity index (χ0) is 24.9. The van der Waals surface area contributed by atoms with Gasteiger partial charge in [0.2, 0.25) is 5.91 Å². The number of amides is 1. The number of phenolic OH excluding ortho intramolecular Hbond substituents is 2. The van der Waals surface area contributed by atoms with Crippen LogP contribution in [0.3, 0.4) is 0 Å². The Bertz CT molecular complexity index is 1340. The molecule has 5 rings (SSSR count). The minimum absolute atomic E-state index is 0.198. The van der Waals surface area contributed by atoms with Gasteiger partial charge in [0, 0.05) is 34.8 Å². The number of hydrogen-bond acceptors (Lipinski definition) is 7. The number of Topliss-reactive ketones (excluding diaryl/α,β-unsaturated/α-hetero) is 1. The molecule has 2 heterocycles. The van der Waals surface area contributed by atoms with Gasteiger partial charge in [-0.2, -0.15) is 0 Å². The van der Waals surface area contributed by atoms with Crippen molar-refractivity contribution in [1.29, 1.82) is 0 Å². The molecule has 0 bridgehead atoms. The molecule has 1 saturated heterocycles. The number of likely N-dealkylation sites (tertiary alicyclic amines) is 1. The maximum Gasteiger partial charge on any atom is 0.250 e. The molecule has 35 heavy (non-hydrogen) atoms. The van der Waals surface area contributed by atoms with E-state index in [0.29, 0.717) is 23.7 Å². The molecule has 1 fully saturated rings. The van der Waals surface area contributed by atoms with Crippen LogP contribution in [-0.4, -0.2) is 54.6 Å². The summed E-state index contributed by atoms with van der Waals surface area (Å²) in [4.78, 5) is 29.9. The van der Waals surface area contributed by atoms with E-state index in [9.17, 15) is 19.8 Å². The fourth-order valence-electron chi connectivity index (χ4n) is 5.66. The second-order valence-electron chi connectivity index (χ2n) is 8.91. The number of carbonyl (C=O) groups is 2. The van der Waals surface area contributed by atoms with Crippen molar-refractivity contribution in [2.24, 2.45) is 5.92 Å². The fourth-order valence-corrected chi connectivity index (χ4v) is 5.66. The van der Waals surface area contributed by atoms with Crippen LogP contribution in [0.4, 0.5) is 5.69 Å². The highest BCUT2D eigenvalue weighted by Crippen LogP contribution is 2.56. The van der Waals surface area contributed by atoms with E-state index in [2.05, 4.69) is 5.32 Å². The number of phenols is 2. The summed E-state index contributed by atoms with van der Waals surface area (Å²) in [5.74, 6) is -1.45. The van der Waals surface area contributed by atoms with Gasteiger partial charge in [0.15, 0.2) is 17.3 Å². The smallest absolute Gasteiger partial charge is 0.250 e. The topological polar surface area (TPSA) is 108 Å². The number of ether oxygens (including phenoxy) is 2. The van der Waals surface area contributed by atoms with Crippen LogP contribution in [0.15, 0.2) is 60.7 Å². The van der Waals surface area contributed by atoms with Crippen LogP contribution < -0.4 is 14.8 Å². The van der Waals surface area contributed by atoms with Gasteiger partial charge in [-0.25, -0.2) is 0 Å². The van der Waals surface area contributed by atoms with E-state index >= 15 is 0 Å². The lowest BCUT2D eigenvalue weighted by Crippen LogP contribution is -2.51. The van der Waals surface area contributed by atoms with Crippen LogP contribution in [0.2, 0.25) is 0 Å². The van der Waals surface area contributed by atoms with Crippen molar-refractivity contribution >= 4 is 17.4 Å². The number of rotatable bonds is 5. The number of nitrogens with zero attached hydrogens (tertiary/aromatic N) is 1. The van der Waals surface area contributed by atoms with Crippen LogP contribution >= 0.6 is 0 Å². The van der Waals surface area contributed by atoms with E-state index in [4.69, 9.17) is 9.47 Å². The predicted molar refractivity (Wildman–Crippen MR) is 129 cm³/mol. The van der Waals surface area contributed by atoms with Gasteiger partial charge < -0.3 is 25.0 Å². The summed E-state index contributed by atoms with van der Waals surface area (Å²) < 4.78 is 11.1. The van der Waals surface area contributed by atoms with Crippen LogP contribution in [0, 0.1) is 5.92 Å². The molecule has 1 unspecified atom stereocenters. The minimum atomic E-state index is -1.28. The summed E-state index contributed by atoms with van der Waals surface area (Å²) in [7, 11) is 4.96. The first-order valence-electron chi connectivity index (χ1n) is 11.2. The number of ketones is 1. The first-order valence-corrected chi connectivity index (χ1v) is 11.2. The van der Waals surface area contributed by atoms with Gasteiger partial charge in [0.1, 0.15) is 17.0 Å². The summed E-state index contributed by atoms with van der Waals surface area (Å²) in [5.41, 5.74) is 1.05. The molecule has 0 radical (unpaired) electrons. The minimum Gasteiger partial charge on any atom is -0.504 e. The number of fused-ring (bicyclic) bond motifs is 2. The van der Waals surface area contributed by atoms with E-state index in [1.807, 2.05) is 42.3 Å². The molecular formula is C27H26N2O6. The number of anilines is 1. The highest BCUT2D eigenvalue weighted by molar-refractivity contribution is 6.12. The monoisotopic (exact) mass is 474 g/mol. The molecule has 3 N–H and O–H groups in total. The van der Waals surface area contributed by atoms with Gasteiger partial charge in [0.05, 0.1) is 20.1 Å². The number of carbonyl (C=O) groups excluding carboxylic acids is 2. The average molecular weight is 475 g/mol. The second-order valence-corrected chi connectivity index (χ2v) is 8.91. The van der Waals surface area contributed by atoms with Crippen molar-refractivity contribution in [1.82, 2.24) is 4.90 Å². The molecule has 0 aromatic heterocycles. The van der Waals surface area contributed by atoms with E-state index in [1.54, 1.807) is 26.4 Å². The predicted octanol–water partition coefficient (Wildman–Crippen LogP) is 3.49. The normalized spacial score (nSPS) is 23.2. The van der Waals surface area contributed by atoms with Crippen molar-refractivity contribution in [3.05, 3.63) is 77.4 Å². The van der Waals surface area contributed by atoms with Crippen molar-refractivity contribution in [2.45, 2.75) is 11.5 Å². The largest absolute Gasteiger partial charge is 0.504 e. The molecule has 3 aromatic rings.